The van der Waals surface area contributed by atoms with Gasteiger partial charge in [-0.05, 0) is 47.9 Å². The molecule has 0 bridgehead atoms. The van der Waals surface area contributed by atoms with Gasteiger partial charge >= 0.3 is 0 Å². The second-order valence-corrected chi connectivity index (χ2v) is 7.06. The average molecular weight is 392 g/mol. The van der Waals surface area contributed by atoms with Crippen molar-refractivity contribution < 1.29 is 4.74 Å². The predicted molar refractivity (Wildman–Crippen MR) is 97.6 cm³/mol. The maximum Gasteiger partial charge on any atom is 0.137 e. The molecule has 5 heteroatoms. The molecule has 1 aromatic heterocycles. The molecule has 0 aliphatic carbocycles. The molecule has 2 heterocycles. The van der Waals surface area contributed by atoms with E-state index in [-0.39, 0.29) is 6.04 Å². The lowest BCUT2D eigenvalue weighted by Crippen LogP contribution is -2.30. The zero-order valence-electron chi connectivity index (χ0n) is 12.6. The SMILES string of the molecule is COc1ccc(C2NCCc3c2[nH]c2ccc(Br)cc32)cc1Cl. The van der Waals surface area contributed by atoms with Crippen molar-refractivity contribution in [3.8, 4) is 5.75 Å². The van der Waals surface area contributed by atoms with Crippen LogP contribution in [0.1, 0.15) is 22.9 Å². The van der Waals surface area contributed by atoms with Gasteiger partial charge < -0.3 is 15.0 Å². The minimum Gasteiger partial charge on any atom is -0.495 e. The van der Waals surface area contributed by atoms with Gasteiger partial charge in [0.25, 0.3) is 0 Å². The summed E-state index contributed by atoms with van der Waals surface area (Å²) in [5, 5.41) is 5.52. The Morgan fingerprint density at radius 2 is 2.09 bits per heavy atom. The molecule has 3 aromatic rings. The Hall–Kier alpha value is -1.49. The van der Waals surface area contributed by atoms with Crippen LogP contribution < -0.4 is 10.1 Å². The minimum atomic E-state index is 0.119. The molecule has 2 aromatic carbocycles. The van der Waals surface area contributed by atoms with Gasteiger partial charge in [-0.15, -0.1) is 0 Å². The first-order chi connectivity index (χ1) is 11.2. The minimum absolute atomic E-state index is 0.119. The van der Waals surface area contributed by atoms with Gasteiger partial charge in [-0.2, -0.15) is 0 Å². The molecule has 2 N–H and O–H groups in total. The molecule has 0 saturated carbocycles. The van der Waals surface area contributed by atoms with Gasteiger partial charge in [-0.1, -0.05) is 33.6 Å². The van der Waals surface area contributed by atoms with E-state index in [0.29, 0.717) is 10.8 Å². The zero-order valence-corrected chi connectivity index (χ0v) is 15.0. The Labute approximate surface area is 148 Å². The normalized spacial score (nSPS) is 17.3. The number of hydrogen-bond donors (Lipinski definition) is 2. The molecule has 0 fully saturated rings. The van der Waals surface area contributed by atoms with Crippen LogP contribution in [0, 0.1) is 0 Å². The van der Waals surface area contributed by atoms with Crippen molar-refractivity contribution in [3.63, 3.8) is 0 Å². The van der Waals surface area contributed by atoms with Crippen LogP contribution in [0.3, 0.4) is 0 Å². The van der Waals surface area contributed by atoms with Gasteiger partial charge in [0.05, 0.1) is 18.2 Å². The molecule has 1 unspecified atom stereocenters. The Bertz CT molecular complexity index is 890. The fourth-order valence-electron chi connectivity index (χ4n) is 3.35. The van der Waals surface area contributed by atoms with E-state index in [1.807, 2.05) is 12.1 Å². The maximum atomic E-state index is 6.31. The molecule has 23 heavy (non-hydrogen) atoms. The summed E-state index contributed by atoms with van der Waals surface area (Å²) in [6.07, 6.45) is 1.02. The van der Waals surface area contributed by atoms with Crippen molar-refractivity contribution in [2.24, 2.45) is 0 Å². The number of aromatic nitrogens is 1. The number of halogens is 2. The van der Waals surface area contributed by atoms with Crippen LogP contribution in [0.4, 0.5) is 0 Å². The predicted octanol–water partition coefficient (Wildman–Crippen LogP) is 4.83. The van der Waals surface area contributed by atoms with Crippen LogP contribution in [0.5, 0.6) is 5.75 Å². The van der Waals surface area contributed by atoms with E-state index in [1.165, 1.54) is 22.2 Å². The lowest BCUT2D eigenvalue weighted by molar-refractivity contribution is 0.414. The quantitative estimate of drug-likeness (QED) is 0.656. The zero-order chi connectivity index (χ0) is 16.0. The van der Waals surface area contributed by atoms with Crippen LogP contribution in [0.2, 0.25) is 5.02 Å². The highest BCUT2D eigenvalue weighted by molar-refractivity contribution is 9.10. The van der Waals surface area contributed by atoms with Crippen molar-refractivity contribution in [3.05, 3.63) is 62.7 Å². The average Bonchev–Trinajstić information content (AvgIpc) is 2.92. The first-order valence-corrected chi connectivity index (χ1v) is 8.71. The second kappa shape index (κ2) is 5.86. The topological polar surface area (TPSA) is 37.0 Å². The molecule has 3 nitrogen and oxygen atoms in total. The number of hydrogen-bond acceptors (Lipinski definition) is 2. The second-order valence-electron chi connectivity index (χ2n) is 5.74. The van der Waals surface area contributed by atoms with Gasteiger partial charge in [0.1, 0.15) is 5.75 Å². The van der Waals surface area contributed by atoms with Crippen molar-refractivity contribution >= 4 is 38.4 Å². The number of fused-ring (bicyclic) bond motifs is 3. The summed E-state index contributed by atoms with van der Waals surface area (Å²) in [6.45, 7) is 0.945. The molecule has 4 rings (SSSR count). The molecule has 0 radical (unpaired) electrons. The lowest BCUT2D eigenvalue weighted by Gasteiger charge is -2.25. The summed E-state index contributed by atoms with van der Waals surface area (Å²) in [4.78, 5) is 3.58. The number of benzene rings is 2. The molecule has 0 amide bonds. The number of nitrogens with one attached hydrogen (secondary N) is 2. The first kappa shape index (κ1) is 15.1. The fraction of sp³-hybridized carbons (Fsp3) is 0.222. The molecule has 118 valence electrons. The van der Waals surface area contributed by atoms with Crippen LogP contribution in [-0.2, 0) is 6.42 Å². The maximum absolute atomic E-state index is 6.31. The smallest absolute Gasteiger partial charge is 0.137 e. The van der Waals surface area contributed by atoms with Crippen LogP contribution in [0.15, 0.2) is 40.9 Å². The van der Waals surface area contributed by atoms with Crippen LogP contribution in [-0.4, -0.2) is 18.6 Å². The third kappa shape index (κ3) is 2.55. The summed E-state index contributed by atoms with van der Waals surface area (Å²) in [5.74, 6) is 0.701. The third-order valence-corrected chi connectivity index (χ3v) is 5.21. The van der Waals surface area contributed by atoms with Crippen molar-refractivity contribution in [2.45, 2.75) is 12.5 Å². The largest absolute Gasteiger partial charge is 0.495 e. The Morgan fingerprint density at radius 1 is 1.22 bits per heavy atom. The van der Waals surface area contributed by atoms with E-state index in [0.717, 1.165) is 23.0 Å². The van der Waals surface area contributed by atoms with Crippen molar-refractivity contribution in [1.82, 2.24) is 10.3 Å². The standard InChI is InChI=1S/C18H16BrClN2O/c1-23-16-5-2-10(8-14(16)20)17-18-12(6-7-21-17)13-9-11(19)3-4-15(13)22-18/h2-5,8-9,17,21-22H,6-7H2,1H3. The molecule has 0 spiro atoms. The molecule has 1 aliphatic heterocycles. The highest BCUT2D eigenvalue weighted by atomic mass is 79.9. The third-order valence-electron chi connectivity index (χ3n) is 4.42. The first-order valence-electron chi connectivity index (χ1n) is 7.54. The molecular weight excluding hydrogens is 376 g/mol. The Morgan fingerprint density at radius 3 is 2.87 bits per heavy atom. The fourth-order valence-corrected chi connectivity index (χ4v) is 3.97. The summed E-state index contributed by atoms with van der Waals surface area (Å²) in [7, 11) is 1.63. The van der Waals surface area contributed by atoms with E-state index in [2.05, 4.69) is 50.5 Å². The van der Waals surface area contributed by atoms with Crippen molar-refractivity contribution in [1.29, 1.82) is 0 Å². The Kier molecular flexibility index (Phi) is 3.84. The number of methoxy groups -OCH3 is 1. The Balaban J connectivity index is 1.84. The molecule has 1 aliphatic rings. The highest BCUT2D eigenvalue weighted by Gasteiger charge is 2.25. The molecule has 0 saturated heterocycles. The van der Waals surface area contributed by atoms with Crippen LogP contribution >= 0.6 is 27.5 Å². The molecule has 1 atom stereocenters. The number of rotatable bonds is 2. The van der Waals surface area contributed by atoms with Gasteiger partial charge in [-0.25, -0.2) is 0 Å². The summed E-state index contributed by atoms with van der Waals surface area (Å²) in [5.41, 5.74) is 4.93. The van der Waals surface area contributed by atoms with E-state index >= 15 is 0 Å². The summed E-state index contributed by atoms with van der Waals surface area (Å²) in [6, 6.07) is 12.5. The number of ether oxygens (including phenoxy) is 1. The number of aromatic amines is 1. The van der Waals surface area contributed by atoms with Gasteiger partial charge in [-0.3, -0.25) is 0 Å². The molecular formula is C18H16BrClN2O. The van der Waals surface area contributed by atoms with E-state index in [9.17, 15) is 0 Å². The van der Waals surface area contributed by atoms with E-state index in [1.54, 1.807) is 7.11 Å². The van der Waals surface area contributed by atoms with Crippen molar-refractivity contribution in [2.75, 3.05) is 13.7 Å². The van der Waals surface area contributed by atoms with Gasteiger partial charge in [0, 0.05) is 27.6 Å². The summed E-state index contributed by atoms with van der Waals surface area (Å²) >= 11 is 9.88. The van der Waals surface area contributed by atoms with E-state index in [4.69, 9.17) is 16.3 Å². The number of H-pyrrole nitrogens is 1. The summed E-state index contributed by atoms with van der Waals surface area (Å²) < 4.78 is 6.36. The van der Waals surface area contributed by atoms with E-state index < -0.39 is 0 Å². The van der Waals surface area contributed by atoms with Crippen LogP contribution in [0.25, 0.3) is 10.9 Å². The van der Waals surface area contributed by atoms with Gasteiger partial charge in [0.15, 0.2) is 0 Å². The highest BCUT2D eigenvalue weighted by Crippen LogP contribution is 2.36. The van der Waals surface area contributed by atoms with Gasteiger partial charge in [0.2, 0.25) is 0 Å². The monoisotopic (exact) mass is 390 g/mol. The lowest BCUT2D eigenvalue weighted by atomic mass is 9.94.